The highest BCUT2D eigenvalue weighted by Crippen LogP contribution is 2.20. The maximum Gasteiger partial charge on any atom is 0.295 e. The van der Waals surface area contributed by atoms with E-state index in [-0.39, 0.29) is 0 Å². The highest BCUT2D eigenvalue weighted by atomic mass is 16.4. The van der Waals surface area contributed by atoms with E-state index in [1.807, 2.05) is 6.07 Å². The molecule has 2 rings (SSSR count). The van der Waals surface area contributed by atoms with Gasteiger partial charge in [0.1, 0.15) is 5.52 Å². The molecule has 80 valence electrons. The van der Waals surface area contributed by atoms with Crippen LogP contribution in [0.25, 0.3) is 11.1 Å². The minimum Gasteiger partial charge on any atom is -0.424 e. The summed E-state index contributed by atoms with van der Waals surface area (Å²) < 4.78 is 5.45. The second kappa shape index (κ2) is 3.93. The standard InChI is InChI=1S/C12H16N2O/c1-8(2)6-9-4-5-11-10(7-9)14-12(13-3)15-11/h4-5,7-8H,6H2,1-3H3,(H,13,14). The Morgan fingerprint density at radius 1 is 1.40 bits per heavy atom. The summed E-state index contributed by atoms with van der Waals surface area (Å²) in [6.07, 6.45) is 1.08. The van der Waals surface area contributed by atoms with E-state index in [1.54, 1.807) is 7.05 Å². The molecule has 15 heavy (non-hydrogen) atoms. The molecule has 0 amide bonds. The van der Waals surface area contributed by atoms with Crippen LogP contribution >= 0.6 is 0 Å². The third kappa shape index (κ3) is 2.12. The van der Waals surface area contributed by atoms with Crippen molar-refractivity contribution in [1.29, 1.82) is 0 Å². The first-order valence-corrected chi connectivity index (χ1v) is 5.26. The van der Waals surface area contributed by atoms with E-state index < -0.39 is 0 Å². The summed E-state index contributed by atoms with van der Waals surface area (Å²) in [5.41, 5.74) is 3.08. The number of oxazole rings is 1. The molecule has 1 N–H and O–H groups in total. The van der Waals surface area contributed by atoms with Crippen LogP contribution in [0.3, 0.4) is 0 Å². The van der Waals surface area contributed by atoms with Gasteiger partial charge >= 0.3 is 0 Å². The van der Waals surface area contributed by atoms with Gasteiger partial charge in [-0.25, -0.2) is 0 Å². The van der Waals surface area contributed by atoms with Gasteiger partial charge in [0.25, 0.3) is 6.01 Å². The molecule has 1 aromatic heterocycles. The van der Waals surface area contributed by atoms with Gasteiger partial charge in [0, 0.05) is 7.05 Å². The molecule has 1 heterocycles. The zero-order chi connectivity index (χ0) is 10.8. The van der Waals surface area contributed by atoms with Crippen molar-refractivity contribution in [3.8, 4) is 0 Å². The summed E-state index contributed by atoms with van der Waals surface area (Å²) in [5, 5.41) is 2.90. The third-order valence-corrected chi connectivity index (χ3v) is 2.31. The molecule has 0 aliphatic rings. The number of hydrogen-bond donors (Lipinski definition) is 1. The lowest BCUT2D eigenvalue weighted by atomic mass is 10.0. The normalized spacial score (nSPS) is 11.2. The van der Waals surface area contributed by atoms with Gasteiger partial charge in [0.2, 0.25) is 0 Å². The minimum atomic E-state index is 0.576. The number of nitrogens with one attached hydrogen (secondary N) is 1. The van der Waals surface area contributed by atoms with Crippen LogP contribution in [-0.2, 0) is 6.42 Å². The molecule has 0 saturated heterocycles. The number of rotatable bonds is 3. The Kier molecular flexibility index (Phi) is 2.62. The van der Waals surface area contributed by atoms with E-state index in [0.29, 0.717) is 11.9 Å². The fraction of sp³-hybridized carbons (Fsp3) is 0.417. The monoisotopic (exact) mass is 204 g/mol. The van der Waals surface area contributed by atoms with Gasteiger partial charge in [0.05, 0.1) is 0 Å². The number of aromatic nitrogens is 1. The van der Waals surface area contributed by atoms with Crippen LogP contribution in [0.1, 0.15) is 19.4 Å². The summed E-state index contributed by atoms with van der Waals surface area (Å²) in [6.45, 7) is 4.43. The summed E-state index contributed by atoms with van der Waals surface area (Å²) >= 11 is 0. The maximum atomic E-state index is 5.45. The Morgan fingerprint density at radius 3 is 2.87 bits per heavy atom. The number of hydrogen-bond acceptors (Lipinski definition) is 3. The zero-order valence-corrected chi connectivity index (χ0v) is 9.37. The molecular weight excluding hydrogens is 188 g/mol. The molecule has 0 bridgehead atoms. The largest absolute Gasteiger partial charge is 0.424 e. The number of nitrogens with zero attached hydrogens (tertiary/aromatic N) is 1. The Bertz CT molecular complexity index is 460. The van der Waals surface area contributed by atoms with Crippen molar-refractivity contribution in [2.75, 3.05) is 12.4 Å². The van der Waals surface area contributed by atoms with E-state index in [4.69, 9.17) is 4.42 Å². The second-order valence-corrected chi connectivity index (χ2v) is 4.17. The average molecular weight is 204 g/mol. The molecule has 0 atom stereocenters. The molecule has 0 fully saturated rings. The molecule has 1 aromatic carbocycles. The van der Waals surface area contributed by atoms with Crippen molar-refractivity contribution in [2.24, 2.45) is 5.92 Å². The minimum absolute atomic E-state index is 0.576. The Hall–Kier alpha value is -1.51. The van der Waals surface area contributed by atoms with E-state index in [0.717, 1.165) is 17.5 Å². The van der Waals surface area contributed by atoms with E-state index in [1.165, 1.54) is 5.56 Å². The van der Waals surface area contributed by atoms with Gasteiger partial charge in [-0.15, -0.1) is 0 Å². The van der Waals surface area contributed by atoms with Crippen LogP contribution in [0.4, 0.5) is 6.01 Å². The molecule has 0 aliphatic carbocycles. The van der Waals surface area contributed by atoms with Crippen molar-refractivity contribution < 1.29 is 4.42 Å². The quantitative estimate of drug-likeness (QED) is 0.835. The molecule has 3 nitrogen and oxygen atoms in total. The third-order valence-electron chi connectivity index (χ3n) is 2.31. The van der Waals surface area contributed by atoms with Gasteiger partial charge in [-0.05, 0) is 30.0 Å². The van der Waals surface area contributed by atoms with Crippen LogP contribution in [0, 0.1) is 5.92 Å². The molecule has 0 aliphatic heterocycles. The lowest BCUT2D eigenvalue weighted by Gasteiger charge is -2.03. The molecule has 0 unspecified atom stereocenters. The zero-order valence-electron chi connectivity index (χ0n) is 9.37. The Morgan fingerprint density at radius 2 is 2.20 bits per heavy atom. The maximum absolute atomic E-state index is 5.45. The highest BCUT2D eigenvalue weighted by Gasteiger charge is 2.05. The van der Waals surface area contributed by atoms with E-state index in [9.17, 15) is 0 Å². The lowest BCUT2D eigenvalue weighted by Crippen LogP contribution is -1.93. The van der Waals surface area contributed by atoms with Gasteiger partial charge < -0.3 is 9.73 Å². The predicted molar refractivity (Wildman–Crippen MR) is 62.1 cm³/mol. The molecule has 0 spiro atoms. The van der Waals surface area contributed by atoms with Crippen molar-refractivity contribution in [1.82, 2.24) is 4.98 Å². The first-order valence-electron chi connectivity index (χ1n) is 5.26. The van der Waals surface area contributed by atoms with Crippen LogP contribution < -0.4 is 5.32 Å². The van der Waals surface area contributed by atoms with Crippen molar-refractivity contribution in [3.05, 3.63) is 23.8 Å². The van der Waals surface area contributed by atoms with Gasteiger partial charge in [0.15, 0.2) is 5.58 Å². The summed E-state index contributed by atoms with van der Waals surface area (Å²) in [7, 11) is 1.81. The van der Waals surface area contributed by atoms with E-state index >= 15 is 0 Å². The van der Waals surface area contributed by atoms with Crippen LogP contribution in [0.5, 0.6) is 0 Å². The first-order chi connectivity index (χ1) is 7.19. The fourth-order valence-corrected chi connectivity index (χ4v) is 1.68. The Balaban J connectivity index is 2.37. The van der Waals surface area contributed by atoms with Gasteiger partial charge in [-0.2, -0.15) is 4.98 Å². The SMILES string of the molecule is CNc1nc2cc(CC(C)C)ccc2o1. The molecule has 2 aromatic rings. The number of anilines is 1. The topological polar surface area (TPSA) is 38.1 Å². The van der Waals surface area contributed by atoms with Crippen molar-refractivity contribution in [2.45, 2.75) is 20.3 Å². The molecule has 3 heteroatoms. The smallest absolute Gasteiger partial charge is 0.295 e. The van der Waals surface area contributed by atoms with Crippen LogP contribution in [0.15, 0.2) is 22.6 Å². The van der Waals surface area contributed by atoms with E-state index in [2.05, 4.69) is 36.3 Å². The second-order valence-electron chi connectivity index (χ2n) is 4.17. The van der Waals surface area contributed by atoms with Crippen molar-refractivity contribution in [3.63, 3.8) is 0 Å². The first kappa shape index (κ1) is 10.0. The Labute approximate surface area is 89.5 Å². The average Bonchev–Trinajstić information content (AvgIpc) is 2.58. The van der Waals surface area contributed by atoms with Crippen LogP contribution in [-0.4, -0.2) is 12.0 Å². The lowest BCUT2D eigenvalue weighted by molar-refractivity contribution is 0.619. The van der Waals surface area contributed by atoms with Crippen LogP contribution in [0.2, 0.25) is 0 Å². The number of benzene rings is 1. The predicted octanol–water partition coefficient (Wildman–Crippen LogP) is 3.07. The summed E-state index contributed by atoms with van der Waals surface area (Å²) in [5.74, 6) is 0.665. The van der Waals surface area contributed by atoms with Gasteiger partial charge in [-0.3, -0.25) is 0 Å². The van der Waals surface area contributed by atoms with Gasteiger partial charge in [-0.1, -0.05) is 19.9 Å². The summed E-state index contributed by atoms with van der Waals surface area (Å²) in [4.78, 5) is 4.32. The van der Waals surface area contributed by atoms with Crippen molar-refractivity contribution >= 4 is 17.1 Å². The number of fused-ring (bicyclic) bond motifs is 1. The fourth-order valence-electron chi connectivity index (χ4n) is 1.68. The molecule has 0 radical (unpaired) electrons. The molecule has 0 saturated carbocycles. The summed E-state index contributed by atoms with van der Waals surface area (Å²) in [6, 6.07) is 6.76. The highest BCUT2D eigenvalue weighted by molar-refractivity contribution is 5.75. The molecular formula is C12H16N2O.